The monoisotopic (exact) mass is 429 g/mol. The molecule has 0 aliphatic carbocycles. The molecule has 31 heavy (non-hydrogen) atoms. The van der Waals surface area contributed by atoms with Crippen LogP contribution < -0.4 is 10.6 Å². The number of rotatable bonds is 6. The van der Waals surface area contributed by atoms with Crippen LogP contribution in [0.2, 0.25) is 0 Å². The highest BCUT2D eigenvalue weighted by Gasteiger charge is 2.29. The zero-order valence-electron chi connectivity index (χ0n) is 18.1. The van der Waals surface area contributed by atoms with Crippen LogP contribution >= 0.6 is 0 Å². The van der Waals surface area contributed by atoms with Crippen LogP contribution in [-0.2, 0) is 32.1 Å². The molecule has 3 rings (SSSR count). The van der Waals surface area contributed by atoms with E-state index in [0.29, 0.717) is 39.1 Å². The van der Waals surface area contributed by atoms with E-state index in [1.165, 1.54) is 0 Å². The van der Waals surface area contributed by atoms with Crippen molar-refractivity contribution in [2.24, 2.45) is 11.8 Å². The van der Waals surface area contributed by atoms with E-state index in [-0.39, 0.29) is 18.2 Å². The van der Waals surface area contributed by atoms with Crippen LogP contribution in [0, 0.1) is 11.8 Å². The Balaban J connectivity index is 1.88. The average Bonchev–Trinajstić information content (AvgIpc) is 3.05. The number of benzene rings is 1. The van der Waals surface area contributed by atoms with Crippen LogP contribution in [0.1, 0.15) is 32.3 Å². The number of aliphatic carboxylic acids is 1. The number of carboxylic acid groups (broad SMARTS) is 1. The maximum absolute atomic E-state index is 12.9. The fraction of sp³-hybridized carbons (Fsp3) is 0.522. The molecule has 1 aliphatic heterocycles. The van der Waals surface area contributed by atoms with Crippen LogP contribution in [0.5, 0.6) is 0 Å². The number of amides is 2. The number of nitrogens with zero attached hydrogens (tertiary/aromatic N) is 1. The standard InChI is InChI=1S/C23H31N3O5/c1-15(2)11-16(13-21(27)28)22(29)25-19-12-17-14-26(20-6-4-3-5-18(17)20)8-10-31-9-7-24-23(19)30/h3-6,14-16,19H,7-13H2,1-2H3,(H,24,30)(H,25,29)(H,27,28)/t16-,19?/m1/s1. The lowest BCUT2D eigenvalue weighted by Gasteiger charge is -2.23. The van der Waals surface area contributed by atoms with E-state index in [9.17, 15) is 19.5 Å². The van der Waals surface area contributed by atoms with E-state index >= 15 is 0 Å². The summed E-state index contributed by atoms with van der Waals surface area (Å²) in [5, 5.41) is 15.9. The van der Waals surface area contributed by atoms with Gasteiger partial charge >= 0.3 is 5.97 Å². The molecule has 0 saturated heterocycles. The molecule has 1 aromatic carbocycles. The number of carboxylic acids is 1. The van der Waals surface area contributed by atoms with Crippen molar-refractivity contribution in [1.82, 2.24) is 15.2 Å². The maximum Gasteiger partial charge on any atom is 0.304 e. The molecule has 0 fully saturated rings. The molecule has 168 valence electrons. The van der Waals surface area contributed by atoms with E-state index < -0.39 is 23.8 Å². The molecule has 2 bridgehead atoms. The predicted molar refractivity (Wildman–Crippen MR) is 117 cm³/mol. The first kappa shape index (κ1) is 22.8. The average molecular weight is 430 g/mol. The minimum Gasteiger partial charge on any atom is -0.481 e. The molecule has 0 spiro atoms. The van der Waals surface area contributed by atoms with Crippen LogP contribution in [0.4, 0.5) is 0 Å². The van der Waals surface area contributed by atoms with E-state index in [1.807, 2.05) is 44.3 Å². The van der Waals surface area contributed by atoms with Gasteiger partial charge in [-0.2, -0.15) is 0 Å². The van der Waals surface area contributed by atoms with Gasteiger partial charge in [-0.05, 0) is 24.0 Å². The minimum atomic E-state index is -1.02. The van der Waals surface area contributed by atoms with Crippen LogP contribution in [0.25, 0.3) is 10.9 Å². The second kappa shape index (κ2) is 10.4. The summed E-state index contributed by atoms with van der Waals surface area (Å²) in [4.78, 5) is 37.1. The normalized spacial score (nSPS) is 18.7. The zero-order chi connectivity index (χ0) is 22.4. The summed E-state index contributed by atoms with van der Waals surface area (Å²) in [7, 11) is 0. The molecule has 2 atom stereocenters. The van der Waals surface area contributed by atoms with Gasteiger partial charge in [0.25, 0.3) is 0 Å². The van der Waals surface area contributed by atoms with Crippen molar-refractivity contribution >= 4 is 28.7 Å². The Kier molecular flexibility index (Phi) is 7.68. The number of ether oxygens (including phenoxy) is 1. The summed E-state index contributed by atoms with van der Waals surface area (Å²) in [5.74, 6) is -2.24. The van der Waals surface area contributed by atoms with Crippen molar-refractivity contribution in [3.63, 3.8) is 0 Å². The number of aromatic nitrogens is 1. The van der Waals surface area contributed by atoms with Gasteiger partial charge in [-0.15, -0.1) is 0 Å². The van der Waals surface area contributed by atoms with Gasteiger partial charge in [-0.25, -0.2) is 0 Å². The minimum absolute atomic E-state index is 0.162. The molecule has 3 N–H and O–H groups in total. The molecular formula is C23H31N3O5. The first-order valence-electron chi connectivity index (χ1n) is 10.8. The van der Waals surface area contributed by atoms with Crippen molar-refractivity contribution in [2.45, 2.75) is 45.7 Å². The Morgan fingerprint density at radius 2 is 2.06 bits per heavy atom. The summed E-state index contributed by atoms with van der Waals surface area (Å²) in [5.41, 5.74) is 2.00. The number of carbonyl (C=O) groups excluding carboxylic acids is 2. The smallest absolute Gasteiger partial charge is 0.304 e. The second-order valence-electron chi connectivity index (χ2n) is 8.46. The van der Waals surface area contributed by atoms with Gasteiger partial charge in [0, 0.05) is 42.5 Å². The zero-order valence-corrected chi connectivity index (χ0v) is 18.1. The molecule has 2 heterocycles. The lowest BCUT2D eigenvalue weighted by molar-refractivity contribution is -0.141. The second-order valence-corrected chi connectivity index (χ2v) is 8.46. The van der Waals surface area contributed by atoms with Gasteiger partial charge in [0.05, 0.1) is 19.6 Å². The molecule has 0 radical (unpaired) electrons. The van der Waals surface area contributed by atoms with Crippen molar-refractivity contribution in [3.05, 3.63) is 36.0 Å². The highest BCUT2D eigenvalue weighted by Crippen LogP contribution is 2.23. The molecule has 1 aromatic heterocycles. The molecule has 8 heteroatoms. The fourth-order valence-electron chi connectivity index (χ4n) is 4.09. The molecule has 1 aliphatic rings. The van der Waals surface area contributed by atoms with Gasteiger partial charge in [0.15, 0.2) is 0 Å². The summed E-state index contributed by atoms with van der Waals surface area (Å²) < 4.78 is 7.73. The Labute approximate surface area is 181 Å². The molecule has 2 aromatic rings. The Morgan fingerprint density at radius 1 is 1.29 bits per heavy atom. The van der Waals surface area contributed by atoms with Crippen LogP contribution in [0.15, 0.2) is 30.5 Å². The topological polar surface area (TPSA) is 110 Å². The first-order chi connectivity index (χ1) is 14.8. The Bertz CT molecular complexity index is 936. The largest absolute Gasteiger partial charge is 0.481 e. The highest BCUT2D eigenvalue weighted by atomic mass is 16.5. The maximum atomic E-state index is 12.9. The third-order valence-corrected chi connectivity index (χ3v) is 5.50. The Morgan fingerprint density at radius 3 is 2.81 bits per heavy atom. The first-order valence-corrected chi connectivity index (χ1v) is 10.8. The molecule has 1 unspecified atom stereocenters. The number of para-hydroxylation sites is 1. The van der Waals surface area contributed by atoms with Crippen molar-refractivity contribution in [1.29, 1.82) is 0 Å². The number of nitrogens with one attached hydrogen (secondary N) is 2. The van der Waals surface area contributed by atoms with Crippen molar-refractivity contribution < 1.29 is 24.2 Å². The summed E-state index contributed by atoms with van der Waals surface area (Å²) in [6, 6.07) is 7.15. The van der Waals surface area contributed by atoms with Gasteiger partial charge in [-0.1, -0.05) is 32.0 Å². The summed E-state index contributed by atoms with van der Waals surface area (Å²) >= 11 is 0. The molecule has 0 saturated carbocycles. The lowest BCUT2D eigenvalue weighted by Crippen LogP contribution is -2.50. The fourth-order valence-corrected chi connectivity index (χ4v) is 4.09. The Hall–Kier alpha value is -2.87. The highest BCUT2D eigenvalue weighted by molar-refractivity contribution is 5.91. The van der Waals surface area contributed by atoms with E-state index in [1.54, 1.807) is 0 Å². The van der Waals surface area contributed by atoms with E-state index in [2.05, 4.69) is 15.2 Å². The lowest BCUT2D eigenvalue weighted by atomic mass is 9.92. The van der Waals surface area contributed by atoms with Crippen LogP contribution in [0.3, 0.4) is 0 Å². The third kappa shape index (κ3) is 6.07. The van der Waals surface area contributed by atoms with Gasteiger partial charge in [-0.3, -0.25) is 14.4 Å². The quantitative estimate of drug-likeness (QED) is 0.650. The molecule has 8 nitrogen and oxygen atoms in total. The molecular weight excluding hydrogens is 398 g/mol. The van der Waals surface area contributed by atoms with E-state index in [4.69, 9.17) is 4.74 Å². The van der Waals surface area contributed by atoms with E-state index in [0.717, 1.165) is 16.5 Å². The molecule has 2 amide bonds. The van der Waals surface area contributed by atoms with Crippen molar-refractivity contribution in [3.8, 4) is 0 Å². The predicted octanol–water partition coefficient (Wildman–Crippen LogP) is 1.95. The van der Waals surface area contributed by atoms with Gasteiger partial charge < -0.3 is 25.0 Å². The third-order valence-electron chi connectivity index (χ3n) is 5.50. The van der Waals surface area contributed by atoms with Gasteiger partial charge in [0.2, 0.25) is 11.8 Å². The van der Waals surface area contributed by atoms with Crippen LogP contribution in [-0.4, -0.2) is 53.3 Å². The number of carbonyl (C=O) groups is 3. The van der Waals surface area contributed by atoms with Crippen molar-refractivity contribution in [2.75, 3.05) is 19.8 Å². The summed E-state index contributed by atoms with van der Waals surface area (Å²) in [6.45, 7) is 5.86. The van der Waals surface area contributed by atoms with Gasteiger partial charge in [0.1, 0.15) is 6.04 Å². The number of fused-ring (bicyclic) bond motifs is 5. The summed E-state index contributed by atoms with van der Waals surface area (Å²) in [6.07, 6.45) is 2.52. The number of hydrogen-bond donors (Lipinski definition) is 3. The SMILES string of the molecule is CC(C)C[C@H](CC(=O)O)C(=O)NC1Cc2cn(c3ccccc23)CCOCCNC1=O. The number of hydrogen-bond acceptors (Lipinski definition) is 4.